The number of hydrogen-bond acceptors (Lipinski definition) is 5. The number of piperazine rings is 1. The number of benzene rings is 2. The summed E-state index contributed by atoms with van der Waals surface area (Å²) < 4.78 is 0. The zero-order valence-electron chi connectivity index (χ0n) is 23.8. The zero-order chi connectivity index (χ0) is 29.4. The van der Waals surface area contributed by atoms with Gasteiger partial charge in [-0.1, -0.05) is 66.2 Å². The fraction of sp³-hybridized carbons (Fsp3) is 0.516. The van der Waals surface area contributed by atoms with E-state index < -0.39 is 6.04 Å². The van der Waals surface area contributed by atoms with Gasteiger partial charge in [-0.3, -0.25) is 19.3 Å². The summed E-state index contributed by atoms with van der Waals surface area (Å²) in [7, 11) is 0. The second kappa shape index (κ2) is 14.5. The van der Waals surface area contributed by atoms with E-state index in [1.54, 1.807) is 18.2 Å². The molecule has 0 bridgehead atoms. The van der Waals surface area contributed by atoms with Crippen LogP contribution in [0.1, 0.15) is 60.0 Å². The Bertz CT molecular complexity index is 1210. The van der Waals surface area contributed by atoms with Crippen LogP contribution in [-0.2, 0) is 16.0 Å². The van der Waals surface area contributed by atoms with E-state index in [1.165, 1.54) is 6.42 Å². The molecule has 0 radical (unpaired) electrons. The third kappa shape index (κ3) is 8.22. The van der Waals surface area contributed by atoms with Gasteiger partial charge in [0.05, 0.1) is 0 Å². The van der Waals surface area contributed by atoms with Crippen LogP contribution in [0.2, 0.25) is 10.0 Å². The minimum Gasteiger partial charge on any atom is -0.350 e. The van der Waals surface area contributed by atoms with Crippen molar-refractivity contribution in [3.8, 4) is 0 Å². The van der Waals surface area contributed by atoms with E-state index in [2.05, 4.69) is 15.5 Å². The standard InChI is InChI=1S/C31H41Cl2N5O3/c1-22-5-7-23(8-6-22)29(40)35-21-31(12-3-2-4-13-31)38-17-15-37(16-18-38)30(41)27(36-28(39)11-14-34)19-24-9-10-25(32)20-26(24)33/h5-10,20,27H,2-4,11-19,21,34H2,1H3,(H,35,40)(H,36,39)/t27-/m1/s1. The minimum absolute atomic E-state index is 0.0549. The molecule has 1 heterocycles. The number of carbonyl (C=O) groups is 3. The summed E-state index contributed by atoms with van der Waals surface area (Å²) in [6, 6.07) is 12.0. The Kier molecular flexibility index (Phi) is 11.1. The molecular formula is C31H41Cl2N5O3. The number of nitrogens with one attached hydrogen (secondary N) is 2. The maximum atomic E-state index is 13.7. The number of nitrogens with zero attached hydrogens (tertiary/aromatic N) is 2. The molecule has 1 aliphatic carbocycles. The lowest BCUT2D eigenvalue weighted by molar-refractivity contribution is -0.139. The molecule has 2 fully saturated rings. The summed E-state index contributed by atoms with van der Waals surface area (Å²) in [5, 5.41) is 7.05. The van der Waals surface area contributed by atoms with Gasteiger partial charge in [-0.2, -0.15) is 0 Å². The molecule has 41 heavy (non-hydrogen) atoms. The summed E-state index contributed by atoms with van der Waals surface area (Å²) in [5.41, 5.74) is 7.98. The van der Waals surface area contributed by atoms with E-state index in [9.17, 15) is 14.4 Å². The maximum Gasteiger partial charge on any atom is 0.251 e. The first-order valence-electron chi connectivity index (χ1n) is 14.5. The highest BCUT2D eigenvalue weighted by molar-refractivity contribution is 6.35. The molecule has 2 aliphatic rings. The second-order valence-electron chi connectivity index (χ2n) is 11.2. The first-order chi connectivity index (χ1) is 19.7. The predicted octanol–water partition coefficient (Wildman–Crippen LogP) is 3.96. The Morgan fingerprint density at radius 3 is 2.29 bits per heavy atom. The van der Waals surface area contributed by atoms with E-state index >= 15 is 0 Å². The molecule has 0 aromatic heterocycles. The van der Waals surface area contributed by atoms with Crippen LogP contribution in [0.15, 0.2) is 42.5 Å². The average Bonchev–Trinajstić information content (AvgIpc) is 2.97. The van der Waals surface area contributed by atoms with Crippen molar-refractivity contribution in [1.29, 1.82) is 0 Å². The molecule has 2 aromatic carbocycles. The molecule has 4 rings (SSSR count). The second-order valence-corrected chi connectivity index (χ2v) is 12.1. The van der Waals surface area contributed by atoms with E-state index in [0.717, 1.165) is 36.8 Å². The quantitative estimate of drug-likeness (QED) is 0.382. The average molecular weight is 603 g/mol. The van der Waals surface area contributed by atoms with Crippen LogP contribution >= 0.6 is 23.2 Å². The fourth-order valence-corrected chi connectivity index (χ4v) is 6.48. The number of rotatable bonds is 10. The van der Waals surface area contributed by atoms with Crippen molar-refractivity contribution in [3.63, 3.8) is 0 Å². The van der Waals surface area contributed by atoms with E-state index in [4.69, 9.17) is 28.9 Å². The molecule has 8 nitrogen and oxygen atoms in total. The van der Waals surface area contributed by atoms with Crippen molar-refractivity contribution in [2.45, 2.75) is 63.5 Å². The summed E-state index contributed by atoms with van der Waals surface area (Å²) in [4.78, 5) is 43.4. The highest BCUT2D eigenvalue weighted by atomic mass is 35.5. The van der Waals surface area contributed by atoms with E-state index in [-0.39, 0.29) is 42.6 Å². The van der Waals surface area contributed by atoms with Crippen molar-refractivity contribution in [2.24, 2.45) is 5.73 Å². The highest BCUT2D eigenvalue weighted by Gasteiger charge is 2.41. The van der Waals surface area contributed by atoms with Gasteiger partial charge in [-0.05, 0) is 49.6 Å². The van der Waals surface area contributed by atoms with Gasteiger partial charge in [-0.15, -0.1) is 0 Å². The van der Waals surface area contributed by atoms with Crippen LogP contribution in [0, 0.1) is 6.92 Å². The Morgan fingerprint density at radius 1 is 0.976 bits per heavy atom. The van der Waals surface area contributed by atoms with Crippen LogP contribution < -0.4 is 16.4 Å². The molecule has 4 N–H and O–H groups in total. The van der Waals surface area contributed by atoms with Gasteiger partial charge in [0, 0.05) is 73.3 Å². The number of halogens is 2. The lowest BCUT2D eigenvalue weighted by atomic mass is 9.79. The van der Waals surface area contributed by atoms with Crippen LogP contribution in [-0.4, -0.2) is 78.4 Å². The van der Waals surface area contributed by atoms with Crippen molar-refractivity contribution in [2.75, 3.05) is 39.3 Å². The van der Waals surface area contributed by atoms with Crippen molar-refractivity contribution in [1.82, 2.24) is 20.4 Å². The topological polar surface area (TPSA) is 108 Å². The normalized spacial score (nSPS) is 18.0. The SMILES string of the molecule is Cc1ccc(C(=O)NCC2(N3CCN(C(=O)[C@@H](Cc4ccc(Cl)cc4Cl)NC(=O)CCN)CC3)CCCCC2)cc1. The lowest BCUT2D eigenvalue weighted by Crippen LogP contribution is -2.63. The number of amides is 3. The molecule has 0 unspecified atom stereocenters. The lowest BCUT2D eigenvalue weighted by Gasteiger charge is -2.50. The summed E-state index contributed by atoms with van der Waals surface area (Å²) >= 11 is 12.5. The predicted molar refractivity (Wildman–Crippen MR) is 163 cm³/mol. The zero-order valence-corrected chi connectivity index (χ0v) is 25.3. The Hall–Kier alpha value is -2.65. The van der Waals surface area contributed by atoms with Crippen molar-refractivity contribution in [3.05, 3.63) is 69.2 Å². The molecule has 1 saturated heterocycles. The van der Waals surface area contributed by atoms with Gasteiger partial charge in [0.2, 0.25) is 11.8 Å². The molecule has 0 spiro atoms. The molecular weight excluding hydrogens is 561 g/mol. The van der Waals surface area contributed by atoms with Gasteiger partial charge in [0.15, 0.2) is 0 Å². The van der Waals surface area contributed by atoms with Crippen LogP contribution in [0.3, 0.4) is 0 Å². The molecule has 1 saturated carbocycles. The highest BCUT2D eigenvalue weighted by Crippen LogP contribution is 2.34. The first kappa shape index (κ1) is 31.3. The summed E-state index contributed by atoms with van der Waals surface area (Å²) in [5.74, 6) is -0.452. The molecule has 3 amide bonds. The summed E-state index contributed by atoms with van der Waals surface area (Å²) in [6.07, 6.45) is 5.88. The third-order valence-electron chi connectivity index (χ3n) is 8.38. The first-order valence-corrected chi connectivity index (χ1v) is 15.3. The van der Waals surface area contributed by atoms with Crippen molar-refractivity contribution >= 4 is 40.9 Å². The van der Waals surface area contributed by atoms with Gasteiger partial charge in [0.25, 0.3) is 5.91 Å². The molecule has 2 aromatic rings. The summed E-state index contributed by atoms with van der Waals surface area (Å²) in [6.45, 7) is 5.30. The van der Waals surface area contributed by atoms with Crippen LogP contribution in [0.5, 0.6) is 0 Å². The molecule has 10 heteroatoms. The van der Waals surface area contributed by atoms with Crippen LogP contribution in [0.25, 0.3) is 0 Å². The van der Waals surface area contributed by atoms with Crippen molar-refractivity contribution < 1.29 is 14.4 Å². The van der Waals surface area contributed by atoms with E-state index in [1.807, 2.05) is 36.1 Å². The maximum absolute atomic E-state index is 13.7. The Labute approximate surface area is 252 Å². The number of carbonyl (C=O) groups excluding carboxylic acids is 3. The third-order valence-corrected chi connectivity index (χ3v) is 8.97. The number of nitrogens with two attached hydrogens (primary N) is 1. The molecule has 1 aliphatic heterocycles. The van der Waals surface area contributed by atoms with Gasteiger partial charge in [0.1, 0.15) is 6.04 Å². The van der Waals surface area contributed by atoms with Gasteiger partial charge < -0.3 is 21.3 Å². The molecule has 222 valence electrons. The Balaban J connectivity index is 1.42. The van der Waals surface area contributed by atoms with Gasteiger partial charge >= 0.3 is 0 Å². The minimum atomic E-state index is -0.753. The number of aryl methyl sites for hydroxylation is 1. The number of hydrogen-bond donors (Lipinski definition) is 3. The monoisotopic (exact) mass is 601 g/mol. The van der Waals surface area contributed by atoms with E-state index in [0.29, 0.717) is 48.3 Å². The van der Waals surface area contributed by atoms with Gasteiger partial charge in [-0.25, -0.2) is 0 Å². The Morgan fingerprint density at radius 2 is 1.66 bits per heavy atom. The smallest absolute Gasteiger partial charge is 0.251 e. The van der Waals surface area contributed by atoms with Crippen LogP contribution in [0.4, 0.5) is 0 Å². The molecule has 1 atom stereocenters. The largest absolute Gasteiger partial charge is 0.350 e. The fourth-order valence-electron chi connectivity index (χ4n) is 5.99.